The zero-order chi connectivity index (χ0) is 48.8. The molecule has 0 aromatic carbocycles. The number of nitriles is 6. The Bertz CT molecular complexity index is 2290. The van der Waals surface area contributed by atoms with Gasteiger partial charge in [0.1, 0.15) is 29.4 Å². The second-order valence-corrected chi connectivity index (χ2v) is 19.1. The number of rotatable bonds is 18. The molecule has 0 aliphatic heterocycles. The number of hydrogen-bond donors (Lipinski definition) is 1. The zero-order valence-electron chi connectivity index (χ0n) is 39.1. The first-order valence-corrected chi connectivity index (χ1v) is 21.2. The van der Waals surface area contributed by atoms with E-state index in [0.717, 1.165) is 0 Å². The molecule has 3 aliphatic carbocycles. The highest BCUT2D eigenvalue weighted by atomic mass is 16.6. The Morgan fingerprint density at radius 3 is 1.42 bits per heavy atom. The number of aliphatic hydroxyl groups excluding tert-OH is 1. The van der Waals surface area contributed by atoms with Gasteiger partial charge in [-0.25, -0.2) is 25.1 Å². The quantitative estimate of drug-likeness (QED) is 0.0806. The van der Waals surface area contributed by atoms with Crippen molar-refractivity contribution in [1.29, 1.82) is 31.6 Å². The fraction of sp³-hybridized carbons (Fsp3) is 0.571. The van der Waals surface area contributed by atoms with Crippen molar-refractivity contribution in [1.82, 2.24) is 14.7 Å². The van der Waals surface area contributed by atoms with Crippen LogP contribution in [0.25, 0.3) is 14.5 Å². The highest BCUT2D eigenvalue weighted by Crippen LogP contribution is 2.46. The third-order valence-electron chi connectivity index (χ3n) is 11.9. The van der Waals surface area contributed by atoms with E-state index in [1.165, 1.54) is 0 Å². The van der Waals surface area contributed by atoms with Crippen LogP contribution in [0.5, 0.6) is 0 Å². The average Bonchev–Trinajstić information content (AvgIpc) is 3.26. The first-order chi connectivity index (χ1) is 30.7. The van der Waals surface area contributed by atoms with Gasteiger partial charge >= 0.3 is 0 Å². The molecule has 338 valence electrons. The number of hydrogen-bond acceptors (Lipinski definition) is 13. The van der Waals surface area contributed by atoms with Crippen LogP contribution in [0.2, 0.25) is 0 Å². The minimum atomic E-state index is -1.37. The van der Waals surface area contributed by atoms with Crippen molar-refractivity contribution in [3.63, 3.8) is 0 Å². The third-order valence-corrected chi connectivity index (χ3v) is 11.9. The first kappa shape index (κ1) is 52.4. The molecule has 0 radical (unpaired) electrons. The SMILES string of the molecule is [C-]#[N+]C1=C(N(C)CCOC(CO)(COCCN(C)C2=C(C#N)C(=C(C#N)C#N)CC(C)(C)C2)COCCN(C)C2=C(C#N)/C(=C(\C#N)[N+]#[C-])CC(C)(C)C2)CC(C)(C)C/C1=C(\C#N)[N+]#[C-]. The predicted molar refractivity (Wildman–Crippen MR) is 240 cm³/mol. The normalized spacial score (nSPS) is 19.8. The van der Waals surface area contributed by atoms with Gasteiger partial charge in [0.2, 0.25) is 0 Å². The third kappa shape index (κ3) is 13.1. The van der Waals surface area contributed by atoms with E-state index in [1.807, 2.05) is 102 Å². The average molecular weight is 879 g/mol. The van der Waals surface area contributed by atoms with Crippen LogP contribution >= 0.6 is 0 Å². The molecule has 0 heterocycles. The second-order valence-electron chi connectivity index (χ2n) is 19.1. The molecule has 3 aliphatic rings. The van der Waals surface area contributed by atoms with Crippen molar-refractivity contribution < 1.29 is 19.3 Å². The molecule has 0 aromatic heterocycles. The van der Waals surface area contributed by atoms with Gasteiger partial charge < -0.3 is 34.0 Å². The van der Waals surface area contributed by atoms with Gasteiger partial charge in [0, 0.05) is 63.4 Å². The van der Waals surface area contributed by atoms with E-state index in [9.17, 15) is 36.7 Å². The molecule has 0 saturated carbocycles. The fourth-order valence-electron chi connectivity index (χ4n) is 8.47. The molecule has 16 heteroatoms. The minimum absolute atomic E-state index is 0.0688. The van der Waals surface area contributed by atoms with Crippen LogP contribution < -0.4 is 0 Å². The summed E-state index contributed by atoms with van der Waals surface area (Å²) in [6.45, 7) is 35.8. The van der Waals surface area contributed by atoms with Crippen molar-refractivity contribution in [2.24, 2.45) is 16.2 Å². The minimum Gasteiger partial charge on any atom is -0.393 e. The number of ether oxygens (including phenoxy) is 3. The van der Waals surface area contributed by atoms with Crippen molar-refractivity contribution in [3.05, 3.63) is 102 Å². The maximum Gasteiger partial charge on any atom is 0.266 e. The van der Waals surface area contributed by atoms with Gasteiger partial charge in [0.15, 0.2) is 5.70 Å². The molecule has 0 aromatic rings. The lowest BCUT2D eigenvalue weighted by molar-refractivity contribution is -0.158. The summed E-state index contributed by atoms with van der Waals surface area (Å²) in [5, 5.41) is 70.0. The summed E-state index contributed by atoms with van der Waals surface area (Å²) in [7, 11) is 5.45. The smallest absolute Gasteiger partial charge is 0.266 e. The molecule has 1 N–H and O–H groups in total. The largest absolute Gasteiger partial charge is 0.393 e. The molecule has 0 amide bonds. The lowest BCUT2D eigenvalue weighted by Crippen LogP contribution is -2.48. The monoisotopic (exact) mass is 878 g/mol. The van der Waals surface area contributed by atoms with Gasteiger partial charge in [-0.2, -0.15) is 21.0 Å². The van der Waals surface area contributed by atoms with Gasteiger partial charge in [-0.15, -0.1) is 0 Å². The summed E-state index contributed by atoms with van der Waals surface area (Å²) in [4.78, 5) is 16.2. The van der Waals surface area contributed by atoms with E-state index in [4.69, 9.17) is 33.9 Å². The van der Waals surface area contributed by atoms with Gasteiger partial charge in [-0.1, -0.05) is 41.5 Å². The molecule has 0 saturated heterocycles. The lowest BCUT2D eigenvalue weighted by atomic mass is 9.72. The number of allylic oxidation sites excluding steroid dienone is 11. The van der Waals surface area contributed by atoms with Gasteiger partial charge in [0.25, 0.3) is 11.4 Å². The van der Waals surface area contributed by atoms with Crippen LogP contribution in [0.1, 0.15) is 80.1 Å². The molecule has 65 heavy (non-hydrogen) atoms. The second kappa shape index (κ2) is 22.6. The molecule has 1 atom stereocenters. The Hall–Kier alpha value is -6.91. The topological polar surface area (TPSA) is 213 Å². The van der Waals surface area contributed by atoms with Gasteiger partial charge in [-0.05, 0) is 65.9 Å². The van der Waals surface area contributed by atoms with E-state index in [0.29, 0.717) is 96.6 Å². The van der Waals surface area contributed by atoms with E-state index < -0.39 is 12.2 Å². The summed E-state index contributed by atoms with van der Waals surface area (Å²) in [6.07, 6.45) is 2.85. The molecule has 0 fully saturated rings. The van der Waals surface area contributed by atoms with Crippen molar-refractivity contribution in [2.75, 3.05) is 80.4 Å². The van der Waals surface area contributed by atoms with Crippen LogP contribution in [0.15, 0.2) is 67.6 Å². The van der Waals surface area contributed by atoms with E-state index >= 15 is 0 Å². The van der Waals surface area contributed by atoms with Crippen LogP contribution in [0.4, 0.5) is 0 Å². The number of aliphatic hydroxyl groups is 1. The number of likely N-dealkylation sites (N-methyl/N-ethyl adjacent to an activating group) is 3. The summed E-state index contributed by atoms with van der Waals surface area (Å²) in [5.74, 6) is 0. The summed E-state index contributed by atoms with van der Waals surface area (Å²) in [5.41, 5.74) is 1.63. The number of nitrogens with zero attached hydrogens (tertiary/aromatic N) is 12. The summed E-state index contributed by atoms with van der Waals surface area (Å²) < 4.78 is 18.9. The molecular formula is C49H58N12O4. The lowest BCUT2D eigenvalue weighted by Gasteiger charge is -2.39. The summed E-state index contributed by atoms with van der Waals surface area (Å²) >= 11 is 0. The van der Waals surface area contributed by atoms with Crippen LogP contribution in [0, 0.1) is 104 Å². The van der Waals surface area contributed by atoms with Crippen LogP contribution in [-0.4, -0.2) is 106 Å². The van der Waals surface area contributed by atoms with E-state index in [1.54, 1.807) is 0 Å². The first-order valence-electron chi connectivity index (χ1n) is 21.2. The van der Waals surface area contributed by atoms with Crippen molar-refractivity contribution in [2.45, 2.75) is 85.7 Å². The van der Waals surface area contributed by atoms with Gasteiger partial charge in [0.05, 0.1) is 88.7 Å². The predicted octanol–water partition coefficient (Wildman–Crippen LogP) is 7.45. The van der Waals surface area contributed by atoms with Crippen molar-refractivity contribution in [3.8, 4) is 36.4 Å². The Morgan fingerprint density at radius 1 is 0.600 bits per heavy atom. The molecule has 1 unspecified atom stereocenters. The molecule has 0 bridgehead atoms. The maximum atomic E-state index is 11.0. The van der Waals surface area contributed by atoms with E-state index in [-0.39, 0.29) is 78.5 Å². The molecular weight excluding hydrogens is 821 g/mol. The Balaban J connectivity index is 1.89. The van der Waals surface area contributed by atoms with Crippen LogP contribution in [0.3, 0.4) is 0 Å². The highest BCUT2D eigenvalue weighted by molar-refractivity contribution is 5.58. The maximum absolute atomic E-state index is 11.0. The Morgan fingerprint density at radius 2 is 1.00 bits per heavy atom. The Labute approximate surface area is 385 Å². The molecule has 16 nitrogen and oxygen atoms in total. The zero-order valence-corrected chi connectivity index (χ0v) is 39.1. The van der Waals surface area contributed by atoms with Crippen LogP contribution in [-0.2, 0) is 14.2 Å². The van der Waals surface area contributed by atoms with Crippen molar-refractivity contribution >= 4 is 0 Å². The Kier molecular flexibility index (Phi) is 18.3. The van der Waals surface area contributed by atoms with Gasteiger partial charge in [-0.3, -0.25) is 0 Å². The summed E-state index contributed by atoms with van der Waals surface area (Å²) in [6, 6.07) is 12.2. The molecule has 3 rings (SSSR count). The molecule has 0 spiro atoms. The standard InChI is InChI=1S/C49H58N12O4/c1-46(2)19-35(34(25-50)26-51)38(27-52)42(22-46)59(10)13-16-63-32-49(31-62,65-18-15-61(12)44-24-48(5,6)21-37(45(44)58-9)41(30-55)57-8)33-64-17-14-60(11)43-23-47(3,4)20-36(39(43)28-53)40(29-54)56-7/h62H,13-24,31-33H2,1-6,10-12H3/b40-36+,41-37-. The highest BCUT2D eigenvalue weighted by Gasteiger charge is 2.38. The van der Waals surface area contributed by atoms with E-state index in [2.05, 4.69) is 26.7 Å². The fourth-order valence-corrected chi connectivity index (χ4v) is 8.47.